The average molecular weight is 336 g/mol. The van der Waals surface area contributed by atoms with Crippen LogP contribution in [0.1, 0.15) is 28.9 Å². The number of halogens is 2. The van der Waals surface area contributed by atoms with E-state index >= 15 is 0 Å². The molecule has 2 rings (SSSR count). The molecule has 0 aliphatic heterocycles. The summed E-state index contributed by atoms with van der Waals surface area (Å²) in [6, 6.07) is 13.8. The number of carbonyl (C=O) groups excluding carboxylic acids is 1. The van der Waals surface area contributed by atoms with E-state index in [-0.39, 0.29) is 17.8 Å². The molecule has 0 saturated carbocycles. The van der Waals surface area contributed by atoms with E-state index in [0.717, 1.165) is 5.56 Å². The fourth-order valence-electron chi connectivity index (χ4n) is 1.98. The third kappa shape index (κ3) is 3.07. The summed E-state index contributed by atoms with van der Waals surface area (Å²) in [6.45, 7) is 1.96. The lowest BCUT2D eigenvalue weighted by Crippen LogP contribution is -2.29. The first kappa shape index (κ1) is 14.7. The lowest BCUT2D eigenvalue weighted by atomic mass is 10.1. The highest BCUT2D eigenvalue weighted by atomic mass is 79.9. The molecule has 0 radical (unpaired) electrons. The summed E-state index contributed by atoms with van der Waals surface area (Å²) in [5.41, 5.74) is 1.51. The summed E-state index contributed by atoms with van der Waals surface area (Å²) < 4.78 is 13.5. The van der Waals surface area contributed by atoms with Crippen molar-refractivity contribution in [3.8, 4) is 0 Å². The SMILES string of the molecule is CC(c1ccccc1)N(C)C(=O)c1ccc(F)cc1Br. The van der Waals surface area contributed by atoms with Crippen LogP contribution in [0, 0.1) is 5.82 Å². The van der Waals surface area contributed by atoms with E-state index in [1.165, 1.54) is 18.2 Å². The standard InChI is InChI=1S/C16H15BrFNO/c1-11(12-6-4-3-5-7-12)19(2)16(20)14-9-8-13(18)10-15(14)17/h3-11H,1-2H3. The van der Waals surface area contributed by atoms with Crippen molar-refractivity contribution < 1.29 is 9.18 Å². The Morgan fingerprint density at radius 2 is 1.85 bits per heavy atom. The van der Waals surface area contributed by atoms with Gasteiger partial charge >= 0.3 is 0 Å². The van der Waals surface area contributed by atoms with Gasteiger partial charge in [0.15, 0.2) is 0 Å². The summed E-state index contributed by atoms with van der Waals surface area (Å²) in [5.74, 6) is -0.514. The number of benzene rings is 2. The van der Waals surface area contributed by atoms with Crippen LogP contribution in [-0.4, -0.2) is 17.9 Å². The maximum Gasteiger partial charge on any atom is 0.255 e. The summed E-state index contributed by atoms with van der Waals surface area (Å²) >= 11 is 3.23. The topological polar surface area (TPSA) is 20.3 Å². The van der Waals surface area contributed by atoms with Crippen molar-refractivity contribution in [1.82, 2.24) is 4.90 Å². The number of hydrogen-bond donors (Lipinski definition) is 0. The average Bonchev–Trinajstić information content (AvgIpc) is 2.46. The summed E-state index contributed by atoms with van der Waals surface area (Å²) in [4.78, 5) is 14.1. The van der Waals surface area contributed by atoms with Crippen LogP contribution in [0.2, 0.25) is 0 Å². The molecule has 0 N–H and O–H groups in total. The van der Waals surface area contributed by atoms with Crippen molar-refractivity contribution in [2.75, 3.05) is 7.05 Å². The third-order valence-electron chi connectivity index (χ3n) is 3.34. The van der Waals surface area contributed by atoms with Crippen LogP contribution in [0.15, 0.2) is 53.0 Å². The van der Waals surface area contributed by atoms with E-state index in [0.29, 0.717) is 10.0 Å². The molecule has 2 nitrogen and oxygen atoms in total. The number of carbonyl (C=O) groups is 1. The minimum absolute atomic E-state index is 0.0550. The van der Waals surface area contributed by atoms with Crippen LogP contribution in [0.25, 0.3) is 0 Å². The second-order valence-electron chi connectivity index (χ2n) is 4.63. The normalized spacial score (nSPS) is 12.0. The zero-order valence-electron chi connectivity index (χ0n) is 11.3. The molecule has 0 aliphatic rings. The number of hydrogen-bond acceptors (Lipinski definition) is 1. The van der Waals surface area contributed by atoms with Crippen molar-refractivity contribution in [3.63, 3.8) is 0 Å². The van der Waals surface area contributed by atoms with E-state index in [2.05, 4.69) is 15.9 Å². The van der Waals surface area contributed by atoms with Crippen LogP contribution in [0.5, 0.6) is 0 Å². The molecule has 1 amide bonds. The highest BCUT2D eigenvalue weighted by Crippen LogP contribution is 2.24. The van der Waals surface area contributed by atoms with Crippen LogP contribution in [-0.2, 0) is 0 Å². The van der Waals surface area contributed by atoms with Crippen molar-refractivity contribution in [2.45, 2.75) is 13.0 Å². The van der Waals surface area contributed by atoms with Gasteiger partial charge < -0.3 is 4.90 Å². The monoisotopic (exact) mass is 335 g/mol. The molecule has 0 aromatic heterocycles. The Balaban J connectivity index is 2.24. The van der Waals surface area contributed by atoms with E-state index in [9.17, 15) is 9.18 Å². The lowest BCUT2D eigenvalue weighted by molar-refractivity contribution is 0.0741. The molecule has 0 aliphatic carbocycles. The predicted molar refractivity (Wildman–Crippen MR) is 81.1 cm³/mol. The first-order valence-electron chi connectivity index (χ1n) is 6.28. The largest absolute Gasteiger partial charge is 0.335 e. The van der Waals surface area contributed by atoms with Crippen molar-refractivity contribution in [2.24, 2.45) is 0 Å². The maximum absolute atomic E-state index is 13.1. The molecule has 0 heterocycles. The molecule has 0 saturated heterocycles. The lowest BCUT2D eigenvalue weighted by Gasteiger charge is -2.25. The van der Waals surface area contributed by atoms with E-state index in [1.54, 1.807) is 11.9 Å². The molecule has 20 heavy (non-hydrogen) atoms. The molecular weight excluding hydrogens is 321 g/mol. The summed E-state index contributed by atoms with van der Waals surface area (Å²) in [6.07, 6.45) is 0. The summed E-state index contributed by atoms with van der Waals surface area (Å²) in [5, 5.41) is 0. The summed E-state index contributed by atoms with van der Waals surface area (Å²) in [7, 11) is 1.75. The van der Waals surface area contributed by atoms with Crippen molar-refractivity contribution in [1.29, 1.82) is 0 Å². The Kier molecular flexibility index (Phi) is 4.55. The van der Waals surface area contributed by atoms with Crippen molar-refractivity contribution >= 4 is 21.8 Å². The molecule has 0 bridgehead atoms. The molecule has 2 aromatic rings. The Labute approximate surface area is 126 Å². The highest BCUT2D eigenvalue weighted by Gasteiger charge is 2.20. The minimum Gasteiger partial charge on any atom is -0.335 e. The number of amides is 1. The quantitative estimate of drug-likeness (QED) is 0.812. The van der Waals surface area contributed by atoms with Gasteiger partial charge in [-0.2, -0.15) is 0 Å². The van der Waals surface area contributed by atoms with Crippen LogP contribution >= 0.6 is 15.9 Å². The van der Waals surface area contributed by atoms with Gasteiger partial charge in [-0.25, -0.2) is 4.39 Å². The third-order valence-corrected chi connectivity index (χ3v) is 4.00. The molecule has 1 atom stereocenters. The zero-order valence-corrected chi connectivity index (χ0v) is 12.9. The van der Waals surface area contributed by atoms with Gasteiger partial charge in [0.2, 0.25) is 0 Å². The molecule has 0 spiro atoms. The van der Waals surface area contributed by atoms with Crippen LogP contribution in [0.4, 0.5) is 4.39 Å². The Morgan fingerprint density at radius 1 is 1.20 bits per heavy atom. The van der Waals surface area contributed by atoms with Gasteiger partial charge in [0, 0.05) is 11.5 Å². The van der Waals surface area contributed by atoms with Gasteiger partial charge in [-0.1, -0.05) is 30.3 Å². The first-order valence-corrected chi connectivity index (χ1v) is 7.07. The molecule has 1 unspecified atom stereocenters. The molecule has 4 heteroatoms. The fraction of sp³-hybridized carbons (Fsp3) is 0.188. The van der Waals surface area contributed by atoms with Gasteiger partial charge in [0.1, 0.15) is 5.82 Å². The van der Waals surface area contributed by atoms with Crippen molar-refractivity contribution in [3.05, 3.63) is 69.9 Å². The zero-order chi connectivity index (χ0) is 14.7. The number of rotatable bonds is 3. The van der Waals surface area contributed by atoms with Crippen LogP contribution < -0.4 is 0 Å². The van der Waals surface area contributed by atoms with Gasteiger partial charge in [-0.05, 0) is 46.6 Å². The Morgan fingerprint density at radius 3 is 2.45 bits per heavy atom. The van der Waals surface area contributed by atoms with E-state index < -0.39 is 0 Å². The smallest absolute Gasteiger partial charge is 0.255 e. The molecular formula is C16H15BrFNO. The van der Waals surface area contributed by atoms with Gasteiger partial charge in [-0.3, -0.25) is 4.79 Å². The second kappa shape index (κ2) is 6.18. The first-order chi connectivity index (χ1) is 9.50. The molecule has 104 valence electrons. The van der Waals surface area contributed by atoms with Gasteiger partial charge in [0.25, 0.3) is 5.91 Å². The predicted octanol–water partition coefficient (Wildman–Crippen LogP) is 4.42. The number of nitrogens with zero attached hydrogens (tertiary/aromatic N) is 1. The Hall–Kier alpha value is -1.68. The fourth-order valence-corrected chi connectivity index (χ4v) is 2.50. The van der Waals surface area contributed by atoms with Gasteiger partial charge in [0.05, 0.1) is 11.6 Å². The molecule has 2 aromatic carbocycles. The minimum atomic E-state index is -0.368. The Bertz CT molecular complexity index is 615. The maximum atomic E-state index is 13.1. The molecule has 0 fully saturated rings. The second-order valence-corrected chi connectivity index (χ2v) is 5.48. The van der Waals surface area contributed by atoms with Gasteiger partial charge in [-0.15, -0.1) is 0 Å². The van der Waals surface area contributed by atoms with E-state index in [1.807, 2.05) is 37.3 Å². The highest BCUT2D eigenvalue weighted by molar-refractivity contribution is 9.10. The van der Waals surface area contributed by atoms with E-state index in [4.69, 9.17) is 0 Å². The van der Waals surface area contributed by atoms with Crippen LogP contribution in [0.3, 0.4) is 0 Å².